The lowest BCUT2D eigenvalue weighted by atomic mass is 10.2. The van der Waals surface area contributed by atoms with Crippen LogP contribution in [0.25, 0.3) is 0 Å². The molecule has 2 aromatic rings. The van der Waals surface area contributed by atoms with Crippen molar-refractivity contribution in [2.24, 2.45) is 5.73 Å². The number of nitrogens with two attached hydrogens (primary N) is 1. The van der Waals surface area contributed by atoms with Crippen molar-refractivity contribution in [1.82, 2.24) is 4.98 Å². The first-order valence-corrected chi connectivity index (χ1v) is 8.12. The molecule has 0 fully saturated rings. The van der Waals surface area contributed by atoms with Crippen LogP contribution in [-0.2, 0) is 10.0 Å². The number of aryl methyl sites for hydroxylation is 1. The molecule has 0 amide bonds. The maximum Gasteiger partial charge on any atom is 0.264 e. The number of hydrogen-bond acceptors (Lipinski definition) is 4. The molecule has 0 atom stereocenters. The van der Waals surface area contributed by atoms with Gasteiger partial charge in [-0.2, -0.15) is 0 Å². The van der Waals surface area contributed by atoms with E-state index in [1.165, 1.54) is 24.4 Å². The van der Waals surface area contributed by atoms with Crippen LogP contribution in [0.5, 0.6) is 0 Å². The largest absolute Gasteiger partial charge is 0.388 e. The Morgan fingerprint density at radius 2 is 2.10 bits per heavy atom. The Labute approximate surface area is 133 Å². The first-order valence-electron chi connectivity index (χ1n) is 5.85. The second-order valence-corrected chi connectivity index (χ2v) is 6.81. The van der Waals surface area contributed by atoms with Crippen LogP contribution >= 0.6 is 23.8 Å². The molecule has 21 heavy (non-hydrogen) atoms. The highest BCUT2D eigenvalue weighted by Crippen LogP contribution is 2.24. The van der Waals surface area contributed by atoms with Crippen molar-refractivity contribution < 1.29 is 8.42 Å². The zero-order chi connectivity index (χ0) is 15.6. The summed E-state index contributed by atoms with van der Waals surface area (Å²) in [5, 5.41) is 0.430. The molecule has 0 saturated heterocycles. The van der Waals surface area contributed by atoms with Gasteiger partial charge < -0.3 is 5.73 Å². The summed E-state index contributed by atoms with van der Waals surface area (Å²) >= 11 is 10.7. The Kier molecular flexibility index (Phi) is 4.46. The minimum atomic E-state index is -3.87. The zero-order valence-corrected chi connectivity index (χ0v) is 13.4. The van der Waals surface area contributed by atoms with Gasteiger partial charge in [0, 0.05) is 11.2 Å². The van der Waals surface area contributed by atoms with E-state index in [1.54, 1.807) is 19.1 Å². The van der Waals surface area contributed by atoms with E-state index >= 15 is 0 Å². The Balaban J connectivity index is 2.49. The molecule has 0 aliphatic rings. The average Bonchev–Trinajstić information content (AvgIpc) is 2.42. The number of nitrogens with zero attached hydrogens (tertiary/aromatic N) is 1. The number of halogens is 1. The molecule has 1 aromatic heterocycles. The van der Waals surface area contributed by atoms with E-state index in [0.717, 1.165) is 5.56 Å². The van der Waals surface area contributed by atoms with E-state index in [4.69, 9.17) is 29.6 Å². The van der Waals surface area contributed by atoms with Gasteiger partial charge in [-0.05, 0) is 36.8 Å². The molecule has 8 heteroatoms. The highest BCUT2D eigenvalue weighted by Gasteiger charge is 2.21. The minimum absolute atomic E-state index is 0.0553. The molecule has 0 aliphatic heterocycles. The number of nitrogens with one attached hydrogen (secondary N) is 1. The Hall–Kier alpha value is -1.70. The summed E-state index contributed by atoms with van der Waals surface area (Å²) in [4.78, 5) is 3.76. The quantitative estimate of drug-likeness (QED) is 0.834. The molecule has 5 nitrogen and oxygen atoms in total. The fourth-order valence-corrected chi connectivity index (χ4v) is 3.39. The number of sulfonamides is 1. The van der Waals surface area contributed by atoms with Gasteiger partial charge in [-0.15, -0.1) is 0 Å². The second-order valence-electron chi connectivity index (χ2n) is 4.28. The third-order valence-corrected chi connectivity index (χ3v) is 4.56. The van der Waals surface area contributed by atoms with Crippen LogP contribution in [0.2, 0.25) is 5.02 Å². The van der Waals surface area contributed by atoms with Crippen LogP contribution in [0.4, 0.5) is 5.69 Å². The fraction of sp³-hybridized carbons (Fsp3) is 0.0769. The standard InChI is InChI=1S/C13H12ClN3O2S2/c1-8-4-5-9(14)7-10(8)17-21(18,19)11-3-2-6-16-12(11)13(15)20/h2-7,17H,1H3,(H2,15,20). The number of benzene rings is 1. The van der Waals surface area contributed by atoms with Crippen molar-refractivity contribution in [3.8, 4) is 0 Å². The van der Waals surface area contributed by atoms with E-state index < -0.39 is 10.0 Å². The number of aromatic nitrogens is 1. The number of hydrogen-bond donors (Lipinski definition) is 2. The number of anilines is 1. The van der Waals surface area contributed by atoms with E-state index in [1.807, 2.05) is 0 Å². The topological polar surface area (TPSA) is 85.1 Å². The molecule has 1 heterocycles. The predicted molar refractivity (Wildman–Crippen MR) is 87.1 cm³/mol. The summed E-state index contributed by atoms with van der Waals surface area (Å²) < 4.78 is 27.4. The van der Waals surface area contributed by atoms with E-state index in [0.29, 0.717) is 10.7 Å². The lowest BCUT2D eigenvalue weighted by molar-refractivity contribution is 0.600. The highest BCUT2D eigenvalue weighted by atomic mass is 35.5. The smallest absolute Gasteiger partial charge is 0.264 e. The molecule has 0 radical (unpaired) electrons. The highest BCUT2D eigenvalue weighted by molar-refractivity contribution is 7.93. The summed E-state index contributed by atoms with van der Waals surface area (Å²) in [6, 6.07) is 7.83. The van der Waals surface area contributed by atoms with Crippen LogP contribution in [0, 0.1) is 6.92 Å². The van der Waals surface area contributed by atoms with Crippen molar-refractivity contribution in [3.63, 3.8) is 0 Å². The van der Waals surface area contributed by atoms with Crippen molar-refractivity contribution in [2.75, 3.05) is 4.72 Å². The van der Waals surface area contributed by atoms with Crippen molar-refractivity contribution in [2.45, 2.75) is 11.8 Å². The maximum absolute atomic E-state index is 12.5. The zero-order valence-electron chi connectivity index (χ0n) is 11.0. The third kappa shape index (κ3) is 3.49. The number of rotatable bonds is 4. The first-order chi connectivity index (χ1) is 9.81. The van der Waals surface area contributed by atoms with Gasteiger partial charge in [0.05, 0.1) is 5.69 Å². The van der Waals surface area contributed by atoms with E-state index in [9.17, 15) is 8.42 Å². The molecule has 0 saturated carbocycles. The minimum Gasteiger partial charge on any atom is -0.388 e. The number of thiocarbonyl (C=S) groups is 1. The molecule has 0 aliphatic carbocycles. The molecular weight excluding hydrogens is 330 g/mol. The Morgan fingerprint density at radius 3 is 2.76 bits per heavy atom. The molecule has 3 N–H and O–H groups in total. The van der Waals surface area contributed by atoms with Gasteiger partial charge in [0.1, 0.15) is 15.6 Å². The van der Waals surface area contributed by atoms with Gasteiger partial charge in [-0.1, -0.05) is 29.9 Å². The predicted octanol–water partition coefficient (Wildman–Crippen LogP) is 2.48. The maximum atomic E-state index is 12.5. The molecule has 2 rings (SSSR count). The van der Waals surface area contributed by atoms with Gasteiger partial charge in [0.15, 0.2) is 0 Å². The summed E-state index contributed by atoms with van der Waals surface area (Å²) in [5.41, 5.74) is 6.70. The third-order valence-electron chi connectivity index (χ3n) is 2.74. The van der Waals surface area contributed by atoms with Crippen LogP contribution in [0.1, 0.15) is 11.3 Å². The second kappa shape index (κ2) is 5.97. The van der Waals surface area contributed by atoms with Crippen molar-refractivity contribution in [1.29, 1.82) is 0 Å². The lowest BCUT2D eigenvalue weighted by Gasteiger charge is -2.12. The fourth-order valence-electron chi connectivity index (χ4n) is 1.70. The summed E-state index contributed by atoms with van der Waals surface area (Å²) in [6.07, 6.45) is 1.43. The van der Waals surface area contributed by atoms with Gasteiger partial charge in [-0.3, -0.25) is 9.71 Å². The number of pyridine rings is 1. The normalized spacial score (nSPS) is 11.1. The van der Waals surface area contributed by atoms with Gasteiger partial charge >= 0.3 is 0 Å². The monoisotopic (exact) mass is 341 g/mol. The summed E-state index contributed by atoms with van der Waals surface area (Å²) in [6.45, 7) is 1.77. The van der Waals surface area contributed by atoms with Crippen LogP contribution in [-0.4, -0.2) is 18.4 Å². The van der Waals surface area contributed by atoms with Gasteiger partial charge in [-0.25, -0.2) is 8.42 Å². The van der Waals surface area contributed by atoms with Crippen molar-refractivity contribution >= 4 is 44.5 Å². The average molecular weight is 342 g/mol. The molecule has 110 valence electrons. The Morgan fingerprint density at radius 1 is 1.38 bits per heavy atom. The molecule has 0 unspecified atom stereocenters. The van der Waals surface area contributed by atoms with Crippen molar-refractivity contribution in [3.05, 3.63) is 52.8 Å². The van der Waals surface area contributed by atoms with Gasteiger partial charge in [0.2, 0.25) is 0 Å². The Bertz CT molecular complexity index is 807. The van der Waals surface area contributed by atoms with E-state index in [-0.39, 0.29) is 15.6 Å². The summed E-state index contributed by atoms with van der Waals surface area (Å²) in [5.74, 6) is 0. The first kappa shape index (κ1) is 15.7. The van der Waals surface area contributed by atoms with Gasteiger partial charge in [0.25, 0.3) is 10.0 Å². The lowest BCUT2D eigenvalue weighted by Crippen LogP contribution is -2.21. The SMILES string of the molecule is Cc1ccc(Cl)cc1NS(=O)(=O)c1cccnc1C(N)=S. The summed E-state index contributed by atoms with van der Waals surface area (Å²) in [7, 11) is -3.87. The van der Waals surface area contributed by atoms with Crippen LogP contribution in [0.15, 0.2) is 41.4 Å². The molecule has 0 bridgehead atoms. The van der Waals surface area contributed by atoms with Crippen LogP contribution < -0.4 is 10.5 Å². The molecular formula is C13H12ClN3O2S2. The van der Waals surface area contributed by atoms with Crippen LogP contribution in [0.3, 0.4) is 0 Å². The molecule has 0 spiro atoms. The van der Waals surface area contributed by atoms with E-state index in [2.05, 4.69) is 9.71 Å². The molecule has 1 aromatic carbocycles.